The fraction of sp³-hybridized carbons (Fsp3) is 0.733. The minimum Gasteiger partial charge on any atom is -0.444 e. The number of amides is 1. The number of nitrogens with zero attached hydrogens (tertiary/aromatic N) is 3. The first-order chi connectivity index (χ1) is 9.85. The van der Waals surface area contributed by atoms with Gasteiger partial charge in [-0.15, -0.1) is 11.3 Å². The maximum Gasteiger partial charge on any atom is 0.410 e. The summed E-state index contributed by atoms with van der Waals surface area (Å²) in [6.07, 6.45) is 3.86. The van der Waals surface area contributed by atoms with Crippen LogP contribution in [0.15, 0.2) is 11.7 Å². The number of hydrogen-bond donors (Lipinski definition) is 0. The molecule has 1 aromatic heterocycles. The van der Waals surface area contributed by atoms with Crippen molar-refractivity contribution < 1.29 is 9.53 Å². The van der Waals surface area contributed by atoms with Crippen LogP contribution in [0.25, 0.3) is 0 Å². The summed E-state index contributed by atoms with van der Waals surface area (Å²) >= 11 is 1.67. The lowest BCUT2D eigenvalue weighted by Crippen LogP contribution is -2.49. The molecule has 0 spiro atoms. The van der Waals surface area contributed by atoms with Crippen LogP contribution in [0, 0.1) is 0 Å². The molecule has 118 valence electrons. The number of carbonyl (C=O) groups excluding carboxylic acids is 1. The molecule has 1 saturated heterocycles. The second kappa shape index (κ2) is 6.75. The van der Waals surface area contributed by atoms with E-state index < -0.39 is 5.60 Å². The van der Waals surface area contributed by atoms with Crippen LogP contribution in [-0.4, -0.2) is 52.7 Å². The third-order valence-corrected chi connectivity index (χ3v) is 4.32. The van der Waals surface area contributed by atoms with Gasteiger partial charge in [0.1, 0.15) is 5.60 Å². The monoisotopic (exact) mass is 311 g/mol. The number of hydrogen-bond acceptors (Lipinski definition) is 5. The average Bonchev–Trinajstić information content (AvgIpc) is 2.90. The van der Waals surface area contributed by atoms with E-state index in [1.165, 1.54) is 4.88 Å². The van der Waals surface area contributed by atoms with E-state index in [9.17, 15) is 4.79 Å². The van der Waals surface area contributed by atoms with Crippen LogP contribution in [0.5, 0.6) is 0 Å². The highest BCUT2D eigenvalue weighted by molar-refractivity contribution is 7.09. The van der Waals surface area contributed by atoms with Gasteiger partial charge in [0.2, 0.25) is 0 Å². The van der Waals surface area contributed by atoms with Gasteiger partial charge in [-0.25, -0.2) is 4.79 Å². The van der Waals surface area contributed by atoms with Gasteiger partial charge in [-0.1, -0.05) is 0 Å². The molecular formula is C15H25N3O2S. The molecule has 1 unspecified atom stereocenters. The van der Waals surface area contributed by atoms with Crippen molar-refractivity contribution >= 4 is 17.4 Å². The Morgan fingerprint density at radius 1 is 1.57 bits per heavy atom. The van der Waals surface area contributed by atoms with Gasteiger partial charge < -0.3 is 9.64 Å². The lowest BCUT2D eigenvalue weighted by atomic mass is 10.0. The molecule has 2 rings (SSSR count). The third kappa shape index (κ3) is 4.97. The molecule has 1 aromatic rings. The Bertz CT molecular complexity index is 456. The second-order valence-electron chi connectivity index (χ2n) is 6.61. The number of likely N-dealkylation sites (tertiary alicyclic amines) is 1. The Kier molecular flexibility index (Phi) is 5.22. The Morgan fingerprint density at radius 3 is 2.95 bits per heavy atom. The highest BCUT2D eigenvalue weighted by Crippen LogP contribution is 2.20. The lowest BCUT2D eigenvalue weighted by molar-refractivity contribution is 0.0121. The van der Waals surface area contributed by atoms with Crippen LogP contribution in [0.1, 0.15) is 38.5 Å². The van der Waals surface area contributed by atoms with Gasteiger partial charge in [0.25, 0.3) is 0 Å². The first kappa shape index (κ1) is 16.2. The van der Waals surface area contributed by atoms with Gasteiger partial charge in [0, 0.05) is 36.8 Å². The Balaban J connectivity index is 1.89. The van der Waals surface area contributed by atoms with E-state index in [2.05, 4.69) is 16.9 Å². The van der Waals surface area contributed by atoms with Gasteiger partial charge >= 0.3 is 6.09 Å². The predicted molar refractivity (Wildman–Crippen MR) is 84.4 cm³/mol. The van der Waals surface area contributed by atoms with E-state index in [4.69, 9.17) is 4.74 Å². The summed E-state index contributed by atoms with van der Waals surface area (Å²) in [5.41, 5.74) is 1.43. The van der Waals surface area contributed by atoms with E-state index in [-0.39, 0.29) is 6.09 Å². The summed E-state index contributed by atoms with van der Waals surface area (Å²) in [5.74, 6) is 0. The fourth-order valence-electron chi connectivity index (χ4n) is 2.50. The van der Waals surface area contributed by atoms with Crippen molar-refractivity contribution in [2.75, 3.05) is 20.1 Å². The standard InChI is InChI=1S/C15H25N3O2S/c1-15(2,3)20-14(19)18-7-5-6-12(9-18)17(4)10-13-8-16-11-21-13/h8,11-12H,5-7,9-10H2,1-4H3. The van der Waals surface area contributed by atoms with Crippen LogP contribution in [0.4, 0.5) is 4.79 Å². The molecule has 1 fully saturated rings. The van der Waals surface area contributed by atoms with Crippen molar-refractivity contribution in [2.24, 2.45) is 0 Å². The largest absolute Gasteiger partial charge is 0.444 e. The summed E-state index contributed by atoms with van der Waals surface area (Å²) in [5, 5.41) is 0. The number of thiazole rings is 1. The molecule has 1 aliphatic heterocycles. The molecule has 6 heteroatoms. The molecule has 0 radical (unpaired) electrons. The van der Waals surface area contributed by atoms with E-state index in [0.29, 0.717) is 6.04 Å². The SMILES string of the molecule is CN(Cc1cncs1)C1CCCN(C(=O)OC(C)(C)C)C1. The molecule has 5 nitrogen and oxygen atoms in total. The van der Waals surface area contributed by atoms with Crippen LogP contribution in [0.2, 0.25) is 0 Å². The molecule has 0 aliphatic carbocycles. The van der Waals surface area contributed by atoms with Gasteiger partial charge in [0.05, 0.1) is 5.51 Å². The number of likely N-dealkylation sites (N-methyl/N-ethyl adjacent to an activating group) is 1. The summed E-state index contributed by atoms with van der Waals surface area (Å²) in [4.78, 5) is 21.7. The smallest absolute Gasteiger partial charge is 0.410 e. The zero-order valence-electron chi connectivity index (χ0n) is 13.3. The normalized spacial score (nSPS) is 19.9. The molecule has 1 aliphatic rings. The summed E-state index contributed by atoms with van der Waals surface area (Å²) in [6, 6.07) is 0.383. The van der Waals surface area contributed by atoms with Gasteiger partial charge in [-0.05, 0) is 40.7 Å². The first-order valence-electron chi connectivity index (χ1n) is 7.41. The molecular weight excluding hydrogens is 286 g/mol. The predicted octanol–water partition coefficient (Wildman–Crippen LogP) is 2.97. The summed E-state index contributed by atoms with van der Waals surface area (Å²) in [7, 11) is 2.11. The topological polar surface area (TPSA) is 45.7 Å². The quantitative estimate of drug-likeness (QED) is 0.861. The zero-order valence-corrected chi connectivity index (χ0v) is 14.2. The molecule has 21 heavy (non-hydrogen) atoms. The van der Waals surface area contributed by atoms with Crippen molar-refractivity contribution in [3.63, 3.8) is 0 Å². The molecule has 0 aromatic carbocycles. The number of piperidine rings is 1. The fourth-order valence-corrected chi connectivity index (χ4v) is 3.16. The Labute approximate surface area is 130 Å². The van der Waals surface area contributed by atoms with E-state index in [1.54, 1.807) is 11.3 Å². The maximum atomic E-state index is 12.2. The van der Waals surface area contributed by atoms with Crippen LogP contribution >= 0.6 is 11.3 Å². The van der Waals surface area contributed by atoms with Gasteiger partial charge in [-0.3, -0.25) is 9.88 Å². The van der Waals surface area contributed by atoms with Crippen molar-refractivity contribution in [3.05, 3.63) is 16.6 Å². The summed E-state index contributed by atoms with van der Waals surface area (Å²) < 4.78 is 5.47. The molecule has 0 N–H and O–H groups in total. The Morgan fingerprint density at radius 2 is 2.33 bits per heavy atom. The lowest BCUT2D eigenvalue weighted by Gasteiger charge is -2.38. The molecule has 0 bridgehead atoms. The third-order valence-electron chi connectivity index (χ3n) is 3.56. The van der Waals surface area contributed by atoms with E-state index in [1.807, 2.05) is 37.4 Å². The number of rotatable bonds is 3. The number of carbonyl (C=O) groups is 1. The average molecular weight is 311 g/mol. The maximum absolute atomic E-state index is 12.2. The minimum atomic E-state index is -0.432. The highest BCUT2D eigenvalue weighted by atomic mass is 32.1. The van der Waals surface area contributed by atoms with Crippen molar-refractivity contribution in [2.45, 2.75) is 51.8 Å². The Hall–Kier alpha value is -1.14. The van der Waals surface area contributed by atoms with Crippen molar-refractivity contribution in [1.82, 2.24) is 14.8 Å². The van der Waals surface area contributed by atoms with Gasteiger partial charge in [0.15, 0.2) is 0 Å². The molecule has 2 heterocycles. The van der Waals surface area contributed by atoms with Crippen LogP contribution < -0.4 is 0 Å². The highest BCUT2D eigenvalue weighted by Gasteiger charge is 2.29. The van der Waals surface area contributed by atoms with Crippen LogP contribution in [0.3, 0.4) is 0 Å². The van der Waals surface area contributed by atoms with Crippen LogP contribution in [-0.2, 0) is 11.3 Å². The second-order valence-corrected chi connectivity index (χ2v) is 7.58. The molecule has 0 saturated carbocycles. The van der Waals surface area contributed by atoms with E-state index >= 15 is 0 Å². The van der Waals surface area contributed by atoms with Gasteiger partial charge in [-0.2, -0.15) is 0 Å². The molecule has 1 amide bonds. The summed E-state index contributed by atoms with van der Waals surface area (Å²) in [6.45, 7) is 8.13. The van der Waals surface area contributed by atoms with Crippen molar-refractivity contribution in [3.8, 4) is 0 Å². The van der Waals surface area contributed by atoms with E-state index in [0.717, 1.165) is 32.5 Å². The number of aromatic nitrogens is 1. The minimum absolute atomic E-state index is 0.196. The zero-order chi connectivity index (χ0) is 15.5. The first-order valence-corrected chi connectivity index (χ1v) is 8.28. The molecule has 1 atom stereocenters. The van der Waals surface area contributed by atoms with Crippen molar-refractivity contribution in [1.29, 1.82) is 0 Å². The number of ether oxygens (including phenoxy) is 1.